The molecule has 7 nitrogen and oxygen atoms in total. The molecule has 1 fully saturated rings. The van der Waals surface area contributed by atoms with Crippen LogP contribution in [0, 0.1) is 0 Å². The molecule has 0 radical (unpaired) electrons. The highest BCUT2D eigenvalue weighted by atomic mass is 35.5. The number of methoxy groups -OCH3 is 1. The number of esters is 1. The summed E-state index contributed by atoms with van der Waals surface area (Å²) in [5.41, 5.74) is 0.213. The van der Waals surface area contributed by atoms with Crippen molar-refractivity contribution >= 4 is 17.6 Å². The van der Waals surface area contributed by atoms with E-state index in [1.807, 2.05) is 0 Å². The van der Waals surface area contributed by atoms with Gasteiger partial charge in [0, 0.05) is 12.1 Å². The van der Waals surface area contributed by atoms with Crippen molar-refractivity contribution < 1.29 is 34.3 Å². The fraction of sp³-hybridized carbons (Fsp3) is 0.500. The molecular formula is C14H17ClO7. The van der Waals surface area contributed by atoms with Crippen LogP contribution in [0.15, 0.2) is 24.3 Å². The maximum Gasteiger partial charge on any atom is 0.338 e. The number of aliphatic hydroxyl groups is 3. The minimum absolute atomic E-state index is 0.213. The quantitative estimate of drug-likeness (QED) is 0.664. The Labute approximate surface area is 132 Å². The minimum Gasteiger partial charge on any atom is -0.453 e. The van der Waals surface area contributed by atoms with Gasteiger partial charge in [0.15, 0.2) is 12.4 Å². The molecule has 122 valence electrons. The molecule has 1 saturated heterocycles. The Hall–Kier alpha value is -1.22. The van der Waals surface area contributed by atoms with Gasteiger partial charge in [-0.3, -0.25) is 0 Å². The number of hydrogen-bond donors (Lipinski definition) is 3. The largest absolute Gasteiger partial charge is 0.453 e. The van der Waals surface area contributed by atoms with E-state index in [2.05, 4.69) is 0 Å². The SMILES string of the molecule is CO[C@@H]1O[C@H](CO)[C@@H](O)[C@H](OC(=O)c2ccc(Cl)cc2)[C@H]1O. The smallest absolute Gasteiger partial charge is 0.338 e. The van der Waals surface area contributed by atoms with Crippen molar-refractivity contribution in [1.82, 2.24) is 0 Å². The molecule has 0 unspecified atom stereocenters. The van der Waals surface area contributed by atoms with E-state index in [1.54, 1.807) is 0 Å². The van der Waals surface area contributed by atoms with E-state index in [4.69, 9.17) is 25.8 Å². The number of ether oxygens (including phenoxy) is 3. The number of rotatable bonds is 4. The fourth-order valence-corrected chi connectivity index (χ4v) is 2.29. The van der Waals surface area contributed by atoms with E-state index in [1.165, 1.54) is 31.4 Å². The standard InChI is InChI=1S/C14H17ClO7/c1-20-14-11(18)12(10(17)9(6-16)21-14)22-13(19)7-2-4-8(15)5-3-7/h2-5,9-12,14,16-18H,6H2,1H3/t9-,10-,11-,12+,14-/m1/s1. The molecule has 1 aromatic carbocycles. The predicted molar refractivity (Wildman–Crippen MR) is 75.4 cm³/mol. The van der Waals surface area contributed by atoms with Crippen LogP contribution in [0.1, 0.15) is 10.4 Å². The van der Waals surface area contributed by atoms with E-state index in [9.17, 15) is 20.1 Å². The average Bonchev–Trinajstić information content (AvgIpc) is 2.52. The molecule has 1 heterocycles. The highest BCUT2D eigenvalue weighted by Crippen LogP contribution is 2.25. The Kier molecular flexibility index (Phi) is 5.74. The number of hydrogen-bond acceptors (Lipinski definition) is 7. The Balaban J connectivity index is 2.14. The van der Waals surface area contributed by atoms with E-state index in [0.717, 1.165) is 0 Å². The lowest BCUT2D eigenvalue weighted by Crippen LogP contribution is -2.60. The van der Waals surface area contributed by atoms with Gasteiger partial charge < -0.3 is 29.5 Å². The third-order valence-corrected chi connectivity index (χ3v) is 3.63. The van der Waals surface area contributed by atoms with Gasteiger partial charge in [0.05, 0.1) is 12.2 Å². The van der Waals surface area contributed by atoms with Crippen LogP contribution in [-0.2, 0) is 14.2 Å². The summed E-state index contributed by atoms with van der Waals surface area (Å²) in [7, 11) is 1.29. The molecule has 1 aliphatic heterocycles. The zero-order valence-corrected chi connectivity index (χ0v) is 12.5. The van der Waals surface area contributed by atoms with Gasteiger partial charge in [0.25, 0.3) is 0 Å². The lowest BCUT2D eigenvalue weighted by Gasteiger charge is -2.40. The van der Waals surface area contributed by atoms with Gasteiger partial charge in [0.2, 0.25) is 0 Å². The summed E-state index contributed by atoms with van der Waals surface area (Å²) in [6.07, 6.45) is -6.22. The molecule has 3 N–H and O–H groups in total. The Morgan fingerprint density at radius 2 is 1.91 bits per heavy atom. The first-order chi connectivity index (χ1) is 10.5. The monoisotopic (exact) mass is 332 g/mol. The number of aliphatic hydroxyl groups excluding tert-OH is 3. The first kappa shape index (κ1) is 17.1. The second kappa shape index (κ2) is 7.36. The van der Waals surface area contributed by atoms with Gasteiger partial charge in [-0.2, -0.15) is 0 Å². The Morgan fingerprint density at radius 3 is 2.45 bits per heavy atom. The fourth-order valence-electron chi connectivity index (χ4n) is 2.16. The van der Waals surface area contributed by atoms with Gasteiger partial charge in [-0.25, -0.2) is 4.79 Å². The van der Waals surface area contributed by atoms with Crippen molar-refractivity contribution in [1.29, 1.82) is 0 Å². The summed E-state index contributed by atoms with van der Waals surface area (Å²) in [5.74, 6) is -0.742. The van der Waals surface area contributed by atoms with E-state index in [-0.39, 0.29) is 5.56 Å². The summed E-state index contributed by atoms with van der Waals surface area (Å²) >= 11 is 5.74. The van der Waals surface area contributed by atoms with E-state index in [0.29, 0.717) is 5.02 Å². The van der Waals surface area contributed by atoms with Crippen LogP contribution in [-0.4, -0.2) is 65.7 Å². The lowest BCUT2D eigenvalue weighted by atomic mass is 9.99. The molecule has 0 bridgehead atoms. The highest BCUT2D eigenvalue weighted by molar-refractivity contribution is 6.30. The van der Waals surface area contributed by atoms with Crippen LogP contribution in [0.4, 0.5) is 0 Å². The maximum atomic E-state index is 12.1. The second-order valence-electron chi connectivity index (χ2n) is 4.82. The third-order valence-electron chi connectivity index (χ3n) is 3.38. The summed E-state index contributed by atoms with van der Waals surface area (Å²) in [4.78, 5) is 12.1. The van der Waals surface area contributed by atoms with Crippen LogP contribution in [0.3, 0.4) is 0 Å². The van der Waals surface area contributed by atoms with Crippen LogP contribution in [0.5, 0.6) is 0 Å². The van der Waals surface area contributed by atoms with Crippen LogP contribution < -0.4 is 0 Å². The maximum absolute atomic E-state index is 12.1. The zero-order chi connectivity index (χ0) is 16.3. The molecule has 5 atom stereocenters. The summed E-state index contributed by atoms with van der Waals surface area (Å²) in [5, 5.41) is 29.8. The van der Waals surface area contributed by atoms with Gasteiger partial charge >= 0.3 is 5.97 Å². The number of carbonyl (C=O) groups excluding carboxylic acids is 1. The van der Waals surface area contributed by atoms with Gasteiger partial charge in [-0.1, -0.05) is 11.6 Å². The minimum atomic E-state index is -1.39. The highest BCUT2D eigenvalue weighted by Gasteiger charge is 2.46. The molecular weight excluding hydrogens is 316 g/mol. The van der Waals surface area contributed by atoms with Crippen LogP contribution in [0.25, 0.3) is 0 Å². The molecule has 0 aromatic heterocycles. The molecule has 0 aliphatic carbocycles. The molecule has 0 saturated carbocycles. The Morgan fingerprint density at radius 1 is 1.27 bits per heavy atom. The van der Waals surface area contributed by atoms with Crippen molar-refractivity contribution in [3.8, 4) is 0 Å². The van der Waals surface area contributed by atoms with Crippen molar-refractivity contribution in [2.45, 2.75) is 30.7 Å². The van der Waals surface area contributed by atoms with Crippen LogP contribution in [0.2, 0.25) is 5.02 Å². The third kappa shape index (κ3) is 3.57. The normalized spacial score (nSPS) is 31.8. The first-order valence-corrected chi connectivity index (χ1v) is 6.97. The Bertz CT molecular complexity index is 490. The molecule has 1 aromatic rings. The first-order valence-electron chi connectivity index (χ1n) is 6.59. The van der Waals surface area contributed by atoms with Crippen LogP contribution >= 0.6 is 11.6 Å². The van der Waals surface area contributed by atoms with E-state index >= 15 is 0 Å². The lowest BCUT2D eigenvalue weighted by molar-refractivity contribution is -0.293. The number of benzene rings is 1. The van der Waals surface area contributed by atoms with Crippen molar-refractivity contribution in [3.63, 3.8) is 0 Å². The number of halogens is 1. The summed E-state index contributed by atoms with van der Waals surface area (Å²) in [6.45, 7) is -0.511. The van der Waals surface area contributed by atoms with E-state index < -0.39 is 43.3 Å². The summed E-state index contributed by atoms with van der Waals surface area (Å²) < 4.78 is 15.2. The molecule has 8 heteroatoms. The number of carbonyl (C=O) groups is 1. The van der Waals surface area contributed by atoms with Crippen molar-refractivity contribution in [2.24, 2.45) is 0 Å². The average molecular weight is 333 g/mol. The summed E-state index contributed by atoms with van der Waals surface area (Å²) in [6, 6.07) is 5.95. The second-order valence-corrected chi connectivity index (χ2v) is 5.26. The van der Waals surface area contributed by atoms with Gasteiger partial charge in [-0.15, -0.1) is 0 Å². The molecule has 0 spiro atoms. The molecule has 0 amide bonds. The molecule has 2 rings (SSSR count). The predicted octanol–water partition coefficient (Wildman–Crippen LogP) is -0.0492. The topological polar surface area (TPSA) is 105 Å². The molecule has 1 aliphatic rings. The van der Waals surface area contributed by atoms with Gasteiger partial charge in [0.1, 0.15) is 18.3 Å². The van der Waals surface area contributed by atoms with Crippen molar-refractivity contribution in [2.75, 3.05) is 13.7 Å². The van der Waals surface area contributed by atoms with Gasteiger partial charge in [-0.05, 0) is 24.3 Å². The zero-order valence-electron chi connectivity index (χ0n) is 11.8. The van der Waals surface area contributed by atoms with Crippen molar-refractivity contribution in [3.05, 3.63) is 34.9 Å². The molecule has 22 heavy (non-hydrogen) atoms.